The summed E-state index contributed by atoms with van der Waals surface area (Å²) in [6.45, 7) is 6.05. The maximum Gasteiger partial charge on any atom is 0.326 e. The van der Waals surface area contributed by atoms with Crippen LogP contribution in [-0.2, 0) is 32.6 Å². The summed E-state index contributed by atoms with van der Waals surface area (Å²) >= 11 is 0. The van der Waals surface area contributed by atoms with Crippen LogP contribution >= 0.6 is 0 Å². The van der Waals surface area contributed by atoms with E-state index in [-0.39, 0.29) is 23.8 Å². The van der Waals surface area contributed by atoms with Crippen LogP contribution in [0.3, 0.4) is 0 Å². The van der Waals surface area contributed by atoms with Crippen molar-refractivity contribution in [3.05, 3.63) is 65.2 Å². The lowest BCUT2D eigenvalue weighted by atomic mass is 9.95. The Balaban J connectivity index is 1.95. The number of carboxylic acid groups (broad SMARTS) is 1. The van der Waals surface area contributed by atoms with Crippen LogP contribution in [0.5, 0.6) is 0 Å². The summed E-state index contributed by atoms with van der Waals surface area (Å²) < 4.78 is 28.4. The minimum Gasteiger partial charge on any atom is -0.480 e. The van der Waals surface area contributed by atoms with E-state index >= 15 is 0 Å². The molecule has 33 heavy (non-hydrogen) atoms. The van der Waals surface area contributed by atoms with Crippen molar-refractivity contribution in [2.75, 3.05) is 0 Å². The Bertz CT molecular complexity index is 1100. The molecular formula is C25H32N2O5S. The maximum atomic E-state index is 13.6. The Kier molecular flexibility index (Phi) is 7.92. The number of unbranched alkanes of at least 4 members (excludes halogenated alkanes) is 1. The van der Waals surface area contributed by atoms with Gasteiger partial charge < -0.3 is 10.4 Å². The molecule has 0 bridgehead atoms. The van der Waals surface area contributed by atoms with Crippen LogP contribution in [0, 0.1) is 0 Å². The van der Waals surface area contributed by atoms with E-state index in [0.29, 0.717) is 12.8 Å². The van der Waals surface area contributed by atoms with E-state index < -0.39 is 34.0 Å². The minimum atomic E-state index is -3.99. The summed E-state index contributed by atoms with van der Waals surface area (Å²) in [6, 6.07) is 12.1. The molecule has 2 aromatic carbocycles. The Hall–Kier alpha value is -2.71. The summed E-state index contributed by atoms with van der Waals surface area (Å²) in [5, 5.41) is 12.1. The van der Waals surface area contributed by atoms with Gasteiger partial charge in [-0.1, -0.05) is 70.0 Å². The number of sulfonamides is 1. The first-order chi connectivity index (χ1) is 15.6. The summed E-state index contributed by atoms with van der Waals surface area (Å²) in [5.74, 6) is -1.44. The Morgan fingerprint density at radius 1 is 1.09 bits per heavy atom. The second-order valence-electron chi connectivity index (χ2n) is 8.80. The van der Waals surface area contributed by atoms with Crippen molar-refractivity contribution in [1.82, 2.24) is 9.62 Å². The highest BCUT2D eigenvalue weighted by molar-refractivity contribution is 7.89. The molecule has 1 aliphatic rings. The van der Waals surface area contributed by atoms with Gasteiger partial charge in [0.2, 0.25) is 15.9 Å². The third kappa shape index (κ3) is 5.62. The van der Waals surface area contributed by atoms with Crippen molar-refractivity contribution in [2.24, 2.45) is 0 Å². The van der Waals surface area contributed by atoms with E-state index in [0.717, 1.165) is 23.1 Å². The molecule has 1 heterocycles. The molecule has 2 N–H and O–H groups in total. The third-order valence-corrected chi connectivity index (χ3v) is 7.99. The van der Waals surface area contributed by atoms with Crippen LogP contribution in [0.1, 0.15) is 62.6 Å². The van der Waals surface area contributed by atoms with E-state index in [4.69, 9.17) is 0 Å². The third-order valence-electron chi connectivity index (χ3n) is 6.12. The molecule has 178 valence electrons. The lowest BCUT2D eigenvalue weighted by Gasteiger charge is -2.35. The molecule has 1 amide bonds. The van der Waals surface area contributed by atoms with Gasteiger partial charge in [0.05, 0.1) is 4.90 Å². The molecule has 0 spiro atoms. The molecule has 0 saturated carbocycles. The molecule has 3 rings (SSSR count). The fourth-order valence-corrected chi connectivity index (χ4v) is 5.63. The summed E-state index contributed by atoms with van der Waals surface area (Å²) in [7, 11) is -3.99. The number of carboxylic acids is 1. The van der Waals surface area contributed by atoms with Crippen LogP contribution in [0.4, 0.5) is 0 Å². The fourth-order valence-electron chi connectivity index (χ4n) is 4.07. The van der Waals surface area contributed by atoms with Gasteiger partial charge in [0.25, 0.3) is 0 Å². The Morgan fingerprint density at radius 2 is 1.73 bits per heavy atom. The lowest BCUT2D eigenvalue weighted by Crippen LogP contribution is -2.55. The standard InChI is InChI=1S/C25H32N2O5S/c1-4-5-10-22(25(29)30)26-24(28)23-15-19-8-6-7-9-20(19)16-27(23)33(31,32)21-13-11-18(12-14-21)17(2)3/h6-9,11-14,17,22-23H,4-5,10,15-16H2,1-3H3,(H,26,28)(H,29,30)/t22?,23-/m0/s1. The van der Waals surface area contributed by atoms with Crippen molar-refractivity contribution < 1.29 is 23.1 Å². The van der Waals surface area contributed by atoms with E-state index in [9.17, 15) is 23.1 Å². The molecular weight excluding hydrogens is 440 g/mol. The Morgan fingerprint density at radius 3 is 2.30 bits per heavy atom. The smallest absolute Gasteiger partial charge is 0.326 e. The number of carbonyl (C=O) groups excluding carboxylic acids is 1. The largest absolute Gasteiger partial charge is 0.480 e. The molecule has 0 radical (unpaired) electrons. The molecule has 0 fully saturated rings. The summed E-state index contributed by atoms with van der Waals surface area (Å²) in [5.41, 5.74) is 2.75. The topological polar surface area (TPSA) is 104 Å². The monoisotopic (exact) mass is 472 g/mol. The molecule has 2 atom stereocenters. The van der Waals surface area contributed by atoms with Gasteiger partial charge in [-0.15, -0.1) is 0 Å². The predicted molar refractivity (Wildman–Crippen MR) is 126 cm³/mol. The number of amides is 1. The molecule has 2 aromatic rings. The van der Waals surface area contributed by atoms with Crippen molar-refractivity contribution >= 4 is 21.9 Å². The first-order valence-electron chi connectivity index (χ1n) is 11.4. The van der Waals surface area contributed by atoms with Crippen LogP contribution in [0.25, 0.3) is 0 Å². The Labute approximate surface area is 195 Å². The van der Waals surface area contributed by atoms with Crippen molar-refractivity contribution in [1.29, 1.82) is 0 Å². The van der Waals surface area contributed by atoms with Gasteiger partial charge in [-0.2, -0.15) is 4.31 Å². The van der Waals surface area contributed by atoms with Gasteiger partial charge >= 0.3 is 5.97 Å². The normalized spacial score (nSPS) is 17.4. The first-order valence-corrected chi connectivity index (χ1v) is 12.8. The number of fused-ring (bicyclic) bond motifs is 1. The zero-order valence-electron chi connectivity index (χ0n) is 19.3. The van der Waals surface area contributed by atoms with Crippen LogP contribution in [-0.4, -0.2) is 41.8 Å². The predicted octanol–water partition coefficient (Wildman–Crippen LogP) is 3.69. The SMILES string of the molecule is CCCCC(NC(=O)[C@@H]1Cc2ccccc2CN1S(=O)(=O)c1ccc(C(C)C)cc1)C(=O)O. The van der Waals surface area contributed by atoms with Gasteiger partial charge in [0.15, 0.2) is 0 Å². The molecule has 0 saturated heterocycles. The highest BCUT2D eigenvalue weighted by Crippen LogP contribution is 2.30. The number of carbonyl (C=O) groups is 2. The second-order valence-corrected chi connectivity index (χ2v) is 10.7. The second kappa shape index (κ2) is 10.5. The van der Waals surface area contributed by atoms with Gasteiger partial charge in [-0.05, 0) is 47.6 Å². The van der Waals surface area contributed by atoms with Crippen LogP contribution < -0.4 is 5.32 Å². The van der Waals surface area contributed by atoms with Crippen molar-refractivity contribution in [3.8, 4) is 0 Å². The molecule has 1 aliphatic heterocycles. The number of nitrogens with one attached hydrogen (secondary N) is 1. The van der Waals surface area contributed by atoms with E-state index in [1.165, 1.54) is 4.31 Å². The lowest BCUT2D eigenvalue weighted by molar-refractivity contribution is -0.142. The van der Waals surface area contributed by atoms with Crippen LogP contribution in [0.2, 0.25) is 0 Å². The van der Waals surface area contributed by atoms with E-state index in [2.05, 4.69) is 5.32 Å². The van der Waals surface area contributed by atoms with E-state index in [1.54, 1.807) is 24.3 Å². The molecule has 0 aliphatic carbocycles. The first kappa shape index (κ1) is 24.9. The quantitative estimate of drug-likeness (QED) is 0.579. The van der Waals surface area contributed by atoms with Gasteiger partial charge in [0, 0.05) is 6.54 Å². The van der Waals surface area contributed by atoms with Crippen molar-refractivity contribution in [2.45, 2.75) is 75.9 Å². The number of aliphatic carboxylic acids is 1. The highest BCUT2D eigenvalue weighted by atomic mass is 32.2. The van der Waals surface area contributed by atoms with Crippen molar-refractivity contribution in [3.63, 3.8) is 0 Å². The fraction of sp³-hybridized carbons (Fsp3) is 0.440. The average Bonchev–Trinajstić information content (AvgIpc) is 2.80. The summed E-state index contributed by atoms with van der Waals surface area (Å²) in [6.07, 6.45) is 1.92. The number of hydrogen-bond acceptors (Lipinski definition) is 4. The molecule has 7 nitrogen and oxygen atoms in total. The molecule has 8 heteroatoms. The number of rotatable bonds is 9. The van der Waals surface area contributed by atoms with Gasteiger partial charge in [-0.3, -0.25) is 4.79 Å². The molecule has 1 unspecified atom stereocenters. The van der Waals surface area contributed by atoms with E-state index in [1.807, 2.05) is 45.0 Å². The minimum absolute atomic E-state index is 0.0508. The summed E-state index contributed by atoms with van der Waals surface area (Å²) in [4.78, 5) is 25.0. The highest BCUT2D eigenvalue weighted by Gasteiger charge is 2.40. The van der Waals surface area contributed by atoms with Crippen LogP contribution in [0.15, 0.2) is 53.4 Å². The number of nitrogens with zero attached hydrogens (tertiary/aromatic N) is 1. The van der Waals surface area contributed by atoms with Gasteiger partial charge in [0.1, 0.15) is 12.1 Å². The zero-order chi connectivity index (χ0) is 24.2. The zero-order valence-corrected chi connectivity index (χ0v) is 20.1. The number of hydrogen-bond donors (Lipinski definition) is 2. The maximum absolute atomic E-state index is 13.6. The average molecular weight is 473 g/mol. The van der Waals surface area contributed by atoms with Gasteiger partial charge in [-0.25, -0.2) is 13.2 Å². The number of benzene rings is 2. The molecule has 0 aromatic heterocycles.